The zero-order chi connectivity index (χ0) is 24.0. The van der Waals surface area contributed by atoms with Crippen LogP contribution in [-0.4, -0.2) is 33.1 Å². The van der Waals surface area contributed by atoms with Crippen molar-refractivity contribution in [3.63, 3.8) is 0 Å². The maximum Gasteiger partial charge on any atom is 0.433 e. The largest absolute Gasteiger partial charge is 0.433 e. The van der Waals surface area contributed by atoms with Crippen molar-refractivity contribution in [3.8, 4) is 0 Å². The van der Waals surface area contributed by atoms with E-state index in [1.54, 1.807) is 0 Å². The number of fused-ring (bicyclic) bond motifs is 1. The van der Waals surface area contributed by atoms with E-state index in [0.29, 0.717) is 38.3 Å². The summed E-state index contributed by atoms with van der Waals surface area (Å²) in [5.41, 5.74) is -3.75. The molecule has 13 heteroatoms. The average molecular weight is 475 g/mol. The quantitative estimate of drug-likeness (QED) is 0.656. The summed E-state index contributed by atoms with van der Waals surface area (Å²) in [5, 5.41) is 8.64. The van der Waals surface area contributed by atoms with Gasteiger partial charge in [-0.05, 0) is 37.3 Å². The number of hydrogen-bond donors (Lipinski definition) is 2. The van der Waals surface area contributed by atoms with Gasteiger partial charge in [0.15, 0.2) is 5.69 Å². The van der Waals surface area contributed by atoms with Crippen molar-refractivity contribution in [3.05, 3.63) is 41.5 Å². The summed E-state index contributed by atoms with van der Waals surface area (Å²) in [5.74, 6) is -2.24. The number of nitrogens with zero attached hydrogens (tertiary/aromatic N) is 3. The number of rotatable bonds is 3. The molecule has 1 saturated heterocycles. The van der Waals surface area contributed by atoms with Crippen molar-refractivity contribution in [1.82, 2.24) is 20.1 Å². The van der Waals surface area contributed by atoms with Gasteiger partial charge in [-0.3, -0.25) is 19.3 Å². The van der Waals surface area contributed by atoms with Crippen LogP contribution in [0.15, 0.2) is 24.5 Å². The Bertz CT molecular complexity index is 1060. The summed E-state index contributed by atoms with van der Waals surface area (Å²) in [4.78, 5) is 28.0. The second kappa shape index (κ2) is 8.34. The minimum Gasteiger partial charge on any atom is -0.356 e. The highest BCUT2D eigenvalue weighted by Crippen LogP contribution is 2.44. The van der Waals surface area contributed by atoms with Gasteiger partial charge in [0.25, 0.3) is 5.91 Å². The van der Waals surface area contributed by atoms with E-state index in [-0.39, 0.29) is 17.5 Å². The first kappa shape index (κ1) is 23.1. The molecule has 7 nitrogen and oxygen atoms in total. The number of amides is 2. The number of piperidine rings is 1. The van der Waals surface area contributed by atoms with Crippen LogP contribution < -0.4 is 10.6 Å². The van der Waals surface area contributed by atoms with Crippen LogP contribution in [0.4, 0.5) is 32.0 Å². The molecule has 3 atom stereocenters. The topological polar surface area (TPSA) is 88.9 Å². The molecule has 1 aliphatic heterocycles. The molecule has 2 fully saturated rings. The number of aromatic nitrogens is 3. The molecule has 2 amide bonds. The van der Waals surface area contributed by atoms with Gasteiger partial charge in [0, 0.05) is 24.3 Å². The third kappa shape index (κ3) is 4.53. The number of halogens is 6. The normalized spacial score (nSPS) is 23.6. The highest BCUT2D eigenvalue weighted by molar-refractivity contribution is 6.05. The number of hydrogen-bond acceptors (Lipinski definition) is 4. The molecule has 0 spiro atoms. The molecule has 0 aromatic carbocycles. The number of alkyl halides is 6. The molecule has 2 aromatic rings. The third-order valence-corrected chi connectivity index (χ3v) is 6.07. The van der Waals surface area contributed by atoms with E-state index in [4.69, 9.17) is 0 Å². The lowest BCUT2D eigenvalue weighted by molar-refractivity contribution is -0.147. The van der Waals surface area contributed by atoms with Crippen molar-refractivity contribution in [2.75, 3.05) is 11.9 Å². The summed E-state index contributed by atoms with van der Waals surface area (Å²) >= 11 is 0. The zero-order valence-corrected chi connectivity index (χ0v) is 17.0. The van der Waals surface area contributed by atoms with Gasteiger partial charge in [0.05, 0.1) is 17.8 Å². The monoisotopic (exact) mass is 475 g/mol. The minimum atomic E-state index is -4.96. The van der Waals surface area contributed by atoms with Crippen molar-refractivity contribution in [2.45, 2.75) is 44.1 Å². The molecule has 2 aliphatic rings. The summed E-state index contributed by atoms with van der Waals surface area (Å²) in [6, 6.07) is 0.838. The molecule has 4 rings (SSSR count). The second-order valence-electron chi connectivity index (χ2n) is 8.08. The number of nitrogens with one attached hydrogen (secondary N) is 2. The average Bonchev–Trinajstić information content (AvgIpc) is 3.19. The zero-order valence-electron chi connectivity index (χ0n) is 17.0. The van der Waals surface area contributed by atoms with E-state index in [1.165, 1.54) is 0 Å². The van der Waals surface area contributed by atoms with E-state index >= 15 is 0 Å². The standard InChI is InChI=1S/C20H19F6N5O2/c21-19(22,23)15-8-10(4-6-27-15)30-18(33)13-9-29-31(16(13)20(24,25)26)14-3-1-2-12-11(14)5-7-28-17(12)32/h4,6,8-9,11-12,14H,1-3,5,7H2,(H,28,32)(H,27,30,33). The van der Waals surface area contributed by atoms with Gasteiger partial charge in [0.2, 0.25) is 5.91 Å². The van der Waals surface area contributed by atoms with Crippen molar-refractivity contribution < 1.29 is 35.9 Å². The van der Waals surface area contributed by atoms with Crippen molar-refractivity contribution in [1.29, 1.82) is 0 Å². The molecule has 2 N–H and O–H groups in total. The van der Waals surface area contributed by atoms with Gasteiger partial charge in [-0.15, -0.1) is 0 Å². The van der Waals surface area contributed by atoms with Crippen LogP contribution in [0.5, 0.6) is 0 Å². The molecule has 3 heterocycles. The Morgan fingerprint density at radius 1 is 1.12 bits per heavy atom. The Morgan fingerprint density at radius 3 is 2.58 bits per heavy atom. The SMILES string of the molecule is O=C(Nc1ccnc(C(F)(F)F)c1)c1cnn(C2CCCC3C(=O)NCCC32)c1C(F)(F)F. The Morgan fingerprint density at radius 2 is 1.88 bits per heavy atom. The second-order valence-corrected chi connectivity index (χ2v) is 8.08. The minimum absolute atomic E-state index is 0.201. The Hall–Kier alpha value is -3.12. The number of pyridine rings is 1. The smallest absolute Gasteiger partial charge is 0.356 e. The van der Waals surface area contributed by atoms with Gasteiger partial charge in [0.1, 0.15) is 5.69 Å². The van der Waals surface area contributed by atoms with Crippen LogP contribution in [0.2, 0.25) is 0 Å². The molecule has 3 unspecified atom stereocenters. The predicted molar refractivity (Wildman–Crippen MR) is 102 cm³/mol. The molecule has 0 radical (unpaired) electrons. The molecule has 1 aliphatic carbocycles. The van der Waals surface area contributed by atoms with E-state index < -0.39 is 47.2 Å². The molecule has 2 aromatic heterocycles. The summed E-state index contributed by atoms with van der Waals surface area (Å²) < 4.78 is 81.4. The molecule has 0 bridgehead atoms. The Labute approximate surface area is 183 Å². The van der Waals surface area contributed by atoms with E-state index in [0.717, 1.165) is 23.1 Å². The van der Waals surface area contributed by atoms with Crippen LogP contribution >= 0.6 is 0 Å². The Balaban J connectivity index is 1.67. The first-order valence-corrected chi connectivity index (χ1v) is 10.2. The van der Waals surface area contributed by atoms with Gasteiger partial charge in [-0.25, -0.2) is 0 Å². The van der Waals surface area contributed by atoms with Crippen molar-refractivity contribution in [2.24, 2.45) is 11.8 Å². The molecular weight excluding hydrogens is 456 g/mol. The van der Waals surface area contributed by atoms with Gasteiger partial charge in [-0.1, -0.05) is 6.42 Å². The summed E-state index contributed by atoms with van der Waals surface area (Å²) in [7, 11) is 0. The fourth-order valence-electron chi connectivity index (χ4n) is 4.68. The lowest BCUT2D eigenvalue weighted by Crippen LogP contribution is -2.47. The van der Waals surface area contributed by atoms with E-state index in [1.807, 2.05) is 0 Å². The molecular formula is C20H19F6N5O2. The van der Waals surface area contributed by atoms with Crippen LogP contribution in [0.1, 0.15) is 53.5 Å². The van der Waals surface area contributed by atoms with E-state index in [9.17, 15) is 35.9 Å². The van der Waals surface area contributed by atoms with Crippen molar-refractivity contribution >= 4 is 17.5 Å². The number of carbonyl (C=O) groups is 2. The molecule has 178 valence electrons. The van der Waals surface area contributed by atoms with Gasteiger partial charge >= 0.3 is 12.4 Å². The van der Waals surface area contributed by atoms with Crippen LogP contribution in [0, 0.1) is 11.8 Å². The van der Waals surface area contributed by atoms with Crippen LogP contribution in [0.25, 0.3) is 0 Å². The summed E-state index contributed by atoms with van der Waals surface area (Å²) in [6.45, 7) is 0.343. The lowest BCUT2D eigenvalue weighted by atomic mass is 9.72. The predicted octanol–water partition coefficient (Wildman–Crippen LogP) is 4.05. The fourth-order valence-corrected chi connectivity index (χ4v) is 4.68. The molecule has 33 heavy (non-hydrogen) atoms. The number of anilines is 1. The van der Waals surface area contributed by atoms with Crippen LogP contribution in [-0.2, 0) is 17.1 Å². The van der Waals surface area contributed by atoms with Gasteiger partial charge in [-0.2, -0.15) is 31.4 Å². The number of carbonyl (C=O) groups excluding carboxylic acids is 2. The first-order chi connectivity index (χ1) is 15.5. The highest BCUT2D eigenvalue weighted by atomic mass is 19.4. The maximum atomic E-state index is 14.0. The highest BCUT2D eigenvalue weighted by Gasteiger charge is 2.46. The maximum absolute atomic E-state index is 14.0. The first-order valence-electron chi connectivity index (χ1n) is 10.2. The third-order valence-electron chi connectivity index (χ3n) is 6.07. The molecule has 1 saturated carbocycles. The summed E-state index contributed by atoms with van der Waals surface area (Å²) in [6.07, 6.45) is -6.26. The lowest BCUT2D eigenvalue weighted by Gasteiger charge is -2.41. The van der Waals surface area contributed by atoms with E-state index in [2.05, 4.69) is 20.7 Å². The Kier molecular flexibility index (Phi) is 5.83. The fraction of sp³-hybridized carbons (Fsp3) is 0.500. The van der Waals surface area contributed by atoms with Gasteiger partial charge < -0.3 is 10.6 Å². The van der Waals surface area contributed by atoms with Crippen LogP contribution in [0.3, 0.4) is 0 Å².